The van der Waals surface area contributed by atoms with Crippen molar-refractivity contribution in [2.24, 2.45) is 5.73 Å². The molecule has 0 aliphatic rings. The van der Waals surface area contributed by atoms with Gasteiger partial charge >= 0.3 is 0 Å². The van der Waals surface area contributed by atoms with E-state index in [1.165, 1.54) is 11.1 Å². The van der Waals surface area contributed by atoms with Crippen molar-refractivity contribution >= 4 is 11.0 Å². The highest BCUT2D eigenvalue weighted by atomic mass is 14.9. The number of rotatable bonds is 3. The van der Waals surface area contributed by atoms with Crippen LogP contribution in [0.1, 0.15) is 24.0 Å². The molecule has 1 unspecified atom stereocenters. The van der Waals surface area contributed by atoms with Crippen molar-refractivity contribution in [2.45, 2.75) is 19.8 Å². The van der Waals surface area contributed by atoms with Gasteiger partial charge in [0.2, 0.25) is 0 Å². The highest BCUT2D eigenvalue weighted by molar-refractivity contribution is 5.80. The molecule has 3 N–H and O–H groups in total. The van der Waals surface area contributed by atoms with E-state index >= 15 is 0 Å². The van der Waals surface area contributed by atoms with E-state index < -0.39 is 0 Å². The lowest BCUT2D eigenvalue weighted by molar-refractivity contribution is 0.775. The Labute approximate surface area is 118 Å². The van der Waals surface area contributed by atoms with E-state index in [4.69, 9.17) is 5.73 Å². The van der Waals surface area contributed by atoms with Gasteiger partial charge in [-0.15, -0.1) is 0 Å². The van der Waals surface area contributed by atoms with Crippen molar-refractivity contribution in [2.75, 3.05) is 6.54 Å². The van der Waals surface area contributed by atoms with E-state index in [1.807, 2.05) is 0 Å². The average Bonchev–Trinajstić information content (AvgIpc) is 2.90. The molecule has 0 aliphatic carbocycles. The topological polar surface area (TPSA) is 54.7 Å². The SMILES string of the molecule is Cc1ccc(-c2nc3ccc(C(C)CN)cc3[nH]2)cc1. The maximum absolute atomic E-state index is 5.73. The van der Waals surface area contributed by atoms with E-state index in [0.29, 0.717) is 12.5 Å². The number of aromatic nitrogens is 2. The molecule has 102 valence electrons. The number of H-pyrrole nitrogens is 1. The molecule has 3 aromatic rings. The zero-order valence-electron chi connectivity index (χ0n) is 11.9. The fourth-order valence-electron chi connectivity index (χ4n) is 2.32. The average molecular weight is 265 g/mol. The third-order valence-electron chi connectivity index (χ3n) is 3.75. The summed E-state index contributed by atoms with van der Waals surface area (Å²) in [7, 11) is 0. The number of nitrogens with two attached hydrogens (primary N) is 1. The van der Waals surface area contributed by atoms with E-state index in [9.17, 15) is 0 Å². The molecule has 0 saturated carbocycles. The molecule has 3 rings (SSSR count). The lowest BCUT2D eigenvalue weighted by Gasteiger charge is -2.07. The number of imidazole rings is 1. The van der Waals surface area contributed by atoms with Gasteiger partial charge < -0.3 is 10.7 Å². The first-order valence-corrected chi connectivity index (χ1v) is 6.94. The van der Waals surface area contributed by atoms with E-state index in [1.54, 1.807) is 0 Å². The summed E-state index contributed by atoms with van der Waals surface area (Å²) in [5.74, 6) is 1.28. The number of aryl methyl sites for hydroxylation is 1. The minimum absolute atomic E-state index is 0.366. The van der Waals surface area contributed by atoms with Gasteiger partial charge in [0.15, 0.2) is 0 Å². The third-order valence-corrected chi connectivity index (χ3v) is 3.75. The van der Waals surface area contributed by atoms with Crippen LogP contribution in [0.25, 0.3) is 22.4 Å². The van der Waals surface area contributed by atoms with Crippen LogP contribution in [0.3, 0.4) is 0 Å². The number of hydrogen-bond acceptors (Lipinski definition) is 2. The van der Waals surface area contributed by atoms with Gasteiger partial charge in [-0.3, -0.25) is 0 Å². The number of nitrogens with zero attached hydrogens (tertiary/aromatic N) is 1. The zero-order valence-corrected chi connectivity index (χ0v) is 11.9. The van der Waals surface area contributed by atoms with E-state index in [2.05, 4.69) is 66.3 Å². The third kappa shape index (κ3) is 2.32. The molecule has 0 radical (unpaired) electrons. The fraction of sp³-hybridized carbons (Fsp3) is 0.235. The molecule has 3 nitrogen and oxygen atoms in total. The van der Waals surface area contributed by atoms with Crippen LogP contribution in [0.5, 0.6) is 0 Å². The molecular weight excluding hydrogens is 246 g/mol. The van der Waals surface area contributed by atoms with Gasteiger partial charge in [0.25, 0.3) is 0 Å². The van der Waals surface area contributed by atoms with Gasteiger partial charge in [-0.2, -0.15) is 0 Å². The van der Waals surface area contributed by atoms with Crippen LogP contribution in [0.15, 0.2) is 42.5 Å². The summed E-state index contributed by atoms with van der Waals surface area (Å²) in [5, 5.41) is 0. The van der Waals surface area contributed by atoms with Crippen LogP contribution in [0.2, 0.25) is 0 Å². The quantitative estimate of drug-likeness (QED) is 0.760. The van der Waals surface area contributed by atoms with Gasteiger partial charge in [0.1, 0.15) is 5.82 Å². The molecule has 0 fully saturated rings. The molecule has 0 spiro atoms. The van der Waals surface area contributed by atoms with Gasteiger partial charge in [-0.25, -0.2) is 4.98 Å². The van der Waals surface area contributed by atoms with Crippen molar-refractivity contribution in [1.29, 1.82) is 0 Å². The minimum atomic E-state index is 0.366. The summed E-state index contributed by atoms with van der Waals surface area (Å²) in [6.07, 6.45) is 0. The van der Waals surface area contributed by atoms with Crippen LogP contribution in [0.4, 0.5) is 0 Å². The molecule has 1 heterocycles. The molecule has 2 aromatic carbocycles. The predicted molar refractivity (Wildman–Crippen MR) is 83.7 cm³/mol. The molecule has 0 amide bonds. The van der Waals surface area contributed by atoms with Crippen LogP contribution in [-0.2, 0) is 0 Å². The Balaban J connectivity index is 2.04. The molecular formula is C17H19N3. The molecule has 20 heavy (non-hydrogen) atoms. The molecule has 1 atom stereocenters. The molecule has 1 aromatic heterocycles. The molecule has 3 heteroatoms. The second-order valence-corrected chi connectivity index (χ2v) is 5.36. The summed E-state index contributed by atoms with van der Waals surface area (Å²) < 4.78 is 0. The Kier molecular flexibility index (Phi) is 3.28. The fourth-order valence-corrected chi connectivity index (χ4v) is 2.32. The second-order valence-electron chi connectivity index (χ2n) is 5.36. The van der Waals surface area contributed by atoms with Crippen LogP contribution in [0, 0.1) is 6.92 Å². The van der Waals surface area contributed by atoms with Crippen LogP contribution in [-0.4, -0.2) is 16.5 Å². The van der Waals surface area contributed by atoms with Crippen LogP contribution < -0.4 is 5.73 Å². The Morgan fingerprint density at radius 1 is 1.15 bits per heavy atom. The summed E-state index contributed by atoms with van der Waals surface area (Å²) in [6, 6.07) is 14.7. The standard InChI is InChI=1S/C17H19N3/c1-11-3-5-13(6-4-11)17-19-15-8-7-14(12(2)10-18)9-16(15)20-17/h3-9,12H,10,18H2,1-2H3,(H,19,20). The van der Waals surface area contributed by atoms with E-state index in [-0.39, 0.29) is 0 Å². The van der Waals surface area contributed by atoms with Crippen molar-refractivity contribution in [3.8, 4) is 11.4 Å². The van der Waals surface area contributed by atoms with Crippen LogP contribution >= 0.6 is 0 Å². The van der Waals surface area contributed by atoms with E-state index in [0.717, 1.165) is 22.4 Å². The Bertz CT molecular complexity index is 726. The van der Waals surface area contributed by atoms with Crippen molar-refractivity contribution < 1.29 is 0 Å². The highest BCUT2D eigenvalue weighted by Crippen LogP contribution is 2.24. The number of hydrogen-bond donors (Lipinski definition) is 2. The molecule has 0 aliphatic heterocycles. The second kappa shape index (κ2) is 5.10. The number of benzene rings is 2. The molecule has 0 saturated heterocycles. The van der Waals surface area contributed by atoms with Crippen molar-refractivity contribution in [3.63, 3.8) is 0 Å². The number of nitrogens with one attached hydrogen (secondary N) is 1. The predicted octanol–water partition coefficient (Wildman–Crippen LogP) is 3.60. The normalized spacial score (nSPS) is 12.8. The number of fused-ring (bicyclic) bond motifs is 1. The smallest absolute Gasteiger partial charge is 0.138 e. The first kappa shape index (κ1) is 12.9. The number of aromatic amines is 1. The van der Waals surface area contributed by atoms with Gasteiger partial charge in [-0.1, -0.05) is 42.8 Å². The Hall–Kier alpha value is -2.13. The van der Waals surface area contributed by atoms with Gasteiger partial charge in [0.05, 0.1) is 11.0 Å². The monoisotopic (exact) mass is 265 g/mol. The summed E-state index contributed by atoms with van der Waals surface area (Å²) in [4.78, 5) is 8.05. The lowest BCUT2D eigenvalue weighted by atomic mass is 10.0. The molecule has 0 bridgehead atoms. The summed E-state index contributed by atoms with van der Waals surface area (Å²) >= 11 is 0. The first-order valence-electron chi connectivity index (χ1n) is 6.94. The lowest BCUT2D eigenvalue weighted by Crippen LogP contribution is -2.08. The summed E-state index contributed by atoms with van der Waals surface area (Å²) in [5.41, 5.74) is 11.4. The maximum atomic E-state index is 5.73. The van der Waals surface area contributed by atoms with Crippen molar-refractivity contribution in [3.05, 3.63) is 53.6 Å². The Morgan fingerprint density at radius 2 is 1.90 bits per heavy atom. The first-order chi connectivity index (χ1) is 9.67. The largest absolute Gasteiger partial charge is 0.338 e. The summed E-state index contributed by atoms with van der Waals surface area (Å²) in [6.45, 7) is 4.88. The zero-order chi connectivity index (χ0) is 14.1. The highest BCUT2D eigenvalue weighted by Gasteiger charge is 2.08. The minimum Gasteiger partial charge on any atom is -0.338 e. The van der Waals surface area contributed by atoms with Crippen molar-refractivity contribution in [1.82, 2.24) is 9.97 Å². The Morgan fingerprint density at radius 3 is 2.60 bits per heavy atom. The van der Waals surface area contributed by atoms with Gasteiger partial charge in [0, 0.05) is 5.56 Å². The maximum Gasteiger partial charge on any atom is 0.138 e. The van der Waals surface area contributed by atoms with Gasteiger partial charge in [-0.05, 0) is 37.1 Å².